The van der Waals surface area contributed by atoms with Gasteiger partial charge in [0, 0.05) is 5.56 Å². The molecule has 1 aromatic heterocycles. The first kappa shape index (κ1) is 6.54. The van der Waals surface area contributed by atoms with Crippen LogP contribution in [0.15, 0.2) is 12.1 Å². The van der Waals surface area contributed by atoms with Crippen LogP contribution in [-0.2, 0) is 0 Å². The Hall–Kier alpha value is -1.58. The van der Waals surface area contributed by atoms with E-state index in [1.165, 1.54) is 12.1 Å². The first-order valence-electron chi connectivity index (χ1n) is 2.70. The van der Waals surface area contributed by atoms with Crippen LogP contribution in [0.2, 0.25) is 0 Å². The molecule has 4 nitrogen and oxygen atoms in total. The SMILES string of the molecule is Nc1cc(C=O)cc(N)n1. The maximum atomic E-state index is 10.2. The number of aromatic nitrogens is 1. The molecule has 0 saturated carbocycles. The summed E-state index contributed by atoms with van der Waals surface area (Å²) < 4.78 is 0. The van der Waals surface area contributed by atoms with Crippen molar-refractivity contribution < 1.29 is 4.79 Å². The zero-order valence-electron chi connectivity index (χ0n) is 5.24. The van der Waals surface area contributed by atoms with Gasteiger partial charge in [0.2, 0.25) is 0 Å². The summed E-state index contributed by atoms with van der Waals surface area (Å²) in [5, 5.41) is 0. The molecule has 0 spiro atoms. The molecule has 0 atom stereocenters. The van der Waals surface area contributed by atoms with Crippen LogP contribution in [0.5, 0.6) is 0 Å². The second-order valence-electron chi connectivity index (χ2n) is 1.87. The van der Waals surface area contributed by atoms with E-state index in [4.69, 9.17) is 11.5 Å². The minimum absolute atomic E-state index is 0.266. The number of carbonyl (C=O) groups excluding carboxylic acids is 1. The molecular formula is C6H7N3O. The van der Waals surface area contributed by atoms with Gasteiger partial charge in [0.05, 0.1) is 0 Å². The monoisotopic (exact) mass is 137 g/mol. The number of hydrogen-bond acceptors (Lipinski definition) is 4. The van der Waals surface area contributed by atoms with E-state index in [1.807, 2.05) is 0 Å². The predicted molar refractivity (Wildman–Crippen MR) is 38.4 cm³/mol. The fraction of sp³-hybridized carbons (Fsp3) is 0. The fourth-order valence-electron chi connectivity index (χ4n) is 0.665. The van der Waals surface area contributed by atoms with Crippen LogP contribution in [0.1, 0.15) is 10.4 Å². The van der Waals surface area contributed by atoms with E-state index in [9.17, 15) is 4.79 Å². The quantitative estimate of drug-likeness (QED) is 0.536. The Balaban J connectivity index is 3.18. The number of nitrogens with two attached hydrogens (primary N) is 2. The molecule has 0 aromatic carbocycles. The van der Waals surface area contributed by atoms with E-state index >= 15 is 0 Å². The topological polar surface area (TPSA) is 82.0 Å². The Bertz CT molecular complexity index is 239. The molecule has 1 aromatic rings. The molecule has 0 amide bonds. The van der Waals surface area contributed by atoms with Crippen LogP contribution < -0.4 is 11.5 Å². The minimum atomic E-state index is 0.266. The van der Waals surface area contributed by atoms with Gasteiger partial charge in [-0.15, -0.1) is 0 Å². The van der Waals surface area contributed by atoms with Crippen molar-refractivity contribution >= 4 is 17.9 Å². The fourth-order valence-corrected chi connectivity index (χ4v) is 0.665. The third-order valence-corrected chi connectivity index (χ3v) is 1.02. The smallest absolute Gasteiger partial charge is 0.150 e. The number of pyridine rings is 1. The lowest BCUT2D eigenvalue weighted by atomic mass is 10.3. The van der Waals surface area contributed by atoms with Crippen molar-refractivity contribution in [3.05, 3.63) is 17.7 Å². The van der Waals surface area contributed by atoms with Crippen LogP contribution >= 0.6 is 0 Å². The largest absolute Gasteiger partial charge is 0.384 e. The predicted octanol–water partition coefficient (Wildman–Crippen LogP) is 0.0585. The van der Waals surface area contributed by atoms with Gasteiger partial charge in [-0.05, 0) is 12.1 Å². The number of nitrogens with zero attached hydrogens (tertiary/aromatic N) is 1. The third kappa shape index (κ3) is 1.22. The molecule has 0 radical (unpaired) electrons. The number of carbonyl (C=O) groups is 1. The van der Waals surface area contributed by atoms with Gasteiger partial charge in [-0.2, -0.15) is 0 Å². The molecule has 4 heteroatoms. The van der Waals surface area contributed by atoms with Crippen molar-refractivity contribution in [3.8, 4) is 0 Å². The Morgan fingerprint density at radius 3 is 2.20 bits per heavy atom. The molecular weight excluding hydrogens is 130 g/mol. The van der Waals surface area contributed by atoms with Crippen LogP contribution in [0.4, 0.5) is 11.6 Å². The first-order chi connectivity index (χ1) is 4.72. The second-order valence-corrected chi connectivity index (χ2v) is 1.87. The summed E-state index contributed by atoms with van der Waals surface area (Å²) in [7, 11) is 0. The number of nitrogen functional groups attached to an aromatic ring is 2. The van der Waals surface area contributed by atoms with Gasteiger partial charge in [0.25, 0.3) is 0 Å². The lowest BCUT2D eigenvalue weighted by molar-refractivity contribution is 0.112. The lowest BCUT2D eigenvalue weighted by Gasteiger charge is -1.95. The molecule has 0 aliphatic heterocycles. The molecule has 10 heavy (non-hydrogen) atoms. The molecule has 0 fully saturated rings. The lowest BCUT2D eigenvalue weighted by Crippen LogP contribution is -1.97. The summed E-state index contributed by atoms with van der Waals surface area (Å²) in [5.41, 5.74) is 11.0. The summed E-state index contributed by atoms with van der Waals surface area (Å²) >= 11 is 0. The molecule has 52 valence electrons. The molecule has 1 rings (SSSR count). The van der Waals surface area contributed by atoms with Crippen molar-refractivity contribution in [3.63, 3.8) is 0 Å². The maximum absolute atomic E-state index is 10.2. The first-order valence-corrected chi connectivity index (χ1v) is 2.70. The molecule has 0 unspecified atom stereocenters. The second kappa shape index (κ2) is 2.34. The van der Waals surface area contributed by atoms with Crippen molar-refractivity contribution in [1.29, 1.82) is 0 Å². The Kier molecular flexibility index (Phi) is 1.53. The van der Waals surface area contributed by atoms with Crippen LogP contribution in [-0.4, -0.2) is 11.3 Å². The average Bonchev–Trinajstić information content (AvgIpc) is 1.85. The van der Waals surface area contributed by atoms with Crippen molar-refractivity contribution in [2.24, 2.45) is 0 Å². The summed E-state index contributed by atoms with van der Waals surface area (Å²) in [6, 6.07) is 2.92. The summed E-state index contributed by atoms with van der Waals surface area (Å²) in [5.74, 6) is 0.532. The number of aldehydes is 1. The number of anilines is 2. The van der Waals surface area contributed by atoms with Gasteiger partial charge in [-0.25, -0.2) is 4.98 Å². The summed E-state index contributed by atoms with van der Waals surface area (Å²) in [4.78, 5) is 13.9. The highest BCUT2D eigenvalue weighted by atomic mass is 16.1. The summed E-state index contributed by atoms with van der Waals surface area (Å²) in [6.45, 7) is 0. The number of rotatable bonds is 1. The van der Waals surface area contributed by atoms with Gasteiger partial charge in [-0.3, -0.25) is 4.79 Å². The molecule has 0 bridgehead atoms. The maximum Gasteiger partial charge on any atom is 0.150 e. The van der Waals surface area contributed by atoms with Crippen LogP contribution in [0.3, 0.4) is 0 Å². The van der Waals surface area contributed by atoms with E-state index in [2.05, 4.69) is 4.98 Å². The van der Waals surface area contributed by atoms with E-state index in [0.29, 0.717) is 11.8 Å². The highest BCUT2D eigenvalue weighted by Crippen LogP contribution is 2.05. The minimum Gasteiger partial charge on any atom is -0.384 e. The molecule has 0 aliphatic rings. The van der Waals surface area contributed by atoms with Crippen molar-refractivity contribution in [2.45, 2.75) is 0 Å². The third-order valence-electron chi connectivity index (χ3n) is 1.02. The average molecular weight is 137 g/mol. The van der Waals surface area contributed by atoms with Gasteiger partial charge < -0.3 is 11.5 Å². The molecule has 0 saturated heterocycles. The number of hydrogen-bond donors (Lipinski definition) is 2. The summed E-state index contributed by atoms with van der Waals surface area (Å²) in [6.07, 6.45) is 0.675. The zero-order valence-corrected chi connectivity index (χ0v) is 5.24. The van der Waals surface area contributed by atoms with Gasteiger partial charge in [0.1, 0.15) is 17.9 Å². The van der Waals surface area contributed by atoms with Crippen LogP contribution in [0.25, 0.3) is 0 Å². The van der Waals surface area contributed by atoms with E-state index in [0.717, 1.165) is 0 Å². The highest BCUT2D eigenvalue weighted by Gasteiger charge is 1.94. The normalized spacial score (nSPS) is 9.20. The molecule has 1 heterocycles. The van der Waals surface area contributed by atoms with Crippen molar-refractivity contribution in [2.75, 3.05) is 11.5 Å². The van der Waals surface area contributed by atoms with Crippen LogP contribution in [0, 0.1) is 0 Å². The van der Waals surface area contributed by atoms with Gasteiger partial charge >= 0.3 is 0 Å². The van der Waals surface area contributed by atoms with E-state index in [1.54, 1.807) is 0 Å². The Labute approximate surface area is 57.9 Å². The molecule has 0 aliphatic carbocycles. The van der Waals surface area contributed by atoms with E-state index in [-0.39, 0.29) is 11.6 Å². The molecule has 4 N–H and O–H groups in total. The zero-order chi connectivity index (χ0) is 7.56. The highest BCUT2D eigenvalue weighted by molar-refractivity contribution is 5.77. The van der Waals surface area contributed by atoms with Gasteiger partial charge in [-0.1, -0.05) is 0 Å². The van der Waals surface area contributed by atoms with Crippen molar-refractivity contribution in [1.82, 2.24) is 4.98 Å². The van der Waals surface area contributed by atoms with E-state index < -0.39 is 0 Å². The van der Waals surface area contributed by atoms with Gasteiger partial charge in [0.15, 0.2) is 0 Å². The standard InChI is InChI=1S/C6H7N3O/c7-5-1-4(3-10)2-6(8)9-5/h1-3H,(H4,7,8,9). The Morgan fingerprint density at radius 1 is 1.30 bits per heavy atom. The Morgan fingerprint density at radius 2 is 1.80 bits per heavy atom.